The summed E-state index contributed by atoms with van der Waals surface area (Å²) in [6, 6.07) is 0.243. The van der Waals surface area contributed by atoms with E-state index in [0.29, 0.717) is 32.8 Å². The maximum Gasteiger partial charge on any atom is 0.410 e. The van der Waals surface area contributed by atoms with Gasteiger partial charge in [-0.05, 0) is 47.5 Å². The van der Waals surface area contributed by atoms with E-state index < -0.39 is 5.60 Å². The standard InChI is InChI=1S/C19H37N5O4.HI/c1-7-20-16(21-11-14-23(6)17(25)28-19(3,4)5)22-15-9-12-24(13-10-15)18(26)27-8-2;/h15H,7-14H2,1-6H3,(H2,20,21,22);1H. The molecule has 1 aliphatic heterocycles. The van der Waals surface area contributed by atoms with E-state index in [4.69, 9.17) is 9.47 Å². The number of guanidine groups is 1. The number of aliphatic imine (C=N–C) groups is 1. The van der Waals surface area contributed by atoms with Gasteiger partial charge in [0.05, 0.1) is 13.2 Å². The van der Waals surface area contributed by atoms with Crippen molar-refractivity contribution >= 4 is 42.1 Å². The Morgan fingerprint density at radius 1 is 1.21 bits per heavy atom. The monoisotopic (exact) mass is 527 g/mol. The Hall–Kier alpha value is -1.46. The molecular weight excluding hydrogens is 489 g/mol. The highest BCUT2D eigenvalue weighted by molar-refractivity contribution is 14.0. The van der Waals surface area contributed by atoms with Crippen molar-refractivity contribution in [1.82, 2.24) is 20.4 Å². The van der Waals surface area contributed by atoms with Gasteiger partial charge in [0.15, 0.2) is 5.96 Å². The van der Waals surface area contributed by atoms with Gasteiger partial charge in [0, 0.05) is 39.3 Å². The lowest BCUT2D eigenvalue weighted by Gasteiger charge is -2.32. The van der Waals surface area contributed by atoms with Crippen LogP contribution in [0.3, 0.4) is 0 Å². The van der Waals surface area contributed by atoms with Gasteiger partial charge in [-0.2, -0.15) is 0 Å². The van der Waals surface area contributed by atoms with Crippen LogP contribution in [0.15, 0.2) is 4.99 Å². The van der Waals surface area contributed by atoms with Crippen molar-refractivity contribution in [3.8, 4) is 0 Å². The first-order chi connectivity index (χ1) is 13.2. The van der Waals surface area contributed by atoms with Crippen LogP contribution in [0.1, 0.15) is 47.5 Å². The van der Waals surface area contributed by atoms with Gasteiger partial charge >= 0.3 is 12.2 Å². The molecule has 170 valence electrons. The van der Waals surface area contributed by atoms with Gasteiger partial charge in [-0.1, -0.05) is 0 Å². The number of rotatable bonds is 6. The summed E-state index contributed by atoms with van der Waals surface area (Å²) in [7, 11) is 1.70. The van der Waals surface area contributed by atoms with Crippen molar-refractivity contribution in [3.05, 3.63) is 0 Å². The summed E-state index contributed by atoms with van der Waals surface area (Å²) in [5.41, 5.74) is -0.510. The Balaban J connectivity index is 0.00000784. The minimum absolute atomic E-state index is 0. The molecule has 0 aromatic heterocycles. The van der Waals surface area contributed by atoms with Gasteiger partial charge in [-0.3, -0.25) is 4.99 Å². The zero-order valence-corrected chi connectivity index (χ0v) is 20.9. The van der Waals surface area contributed by atoms with Crippen molar-refractivity contribution in [2.45, 2.75) is 59.1 Å². The zero-order valence-electron chi connectivity index (χ0n) is 18.6. The molecule has 0 unspecified atom stereocenters. The predicted octanol–water partition coefficient (Wildman–Crippen LogP) is 2.65. The molecule has 0 spiro atoms. The van der Waals surface area contributed by atoms with E-state index in [1.165, 1.54) is 4.90 Å². The quantitative estimate of drug-likeness (QED) is 0.314. The number of piperidine rings is 1. The summed E-state index contributed by atoms with van der Waals surface area (Å²) < 4.78 is 10.4. The molecule has 29 heavy (non-hydrogen) atoms. The summed E-state index contributed by atoms with van der Waals surface area (Å²) in [5, 5.41) is 6.64. The van der Waals surface area contributed by atoms with Crippen molar-refractivity contribution in [3.63, 3.8) is 0 Å². The van der Waals surface area contributed by atoms with E-state index in [1.807, 2.05) is 34.6 Å². The van der Waals surface area contributed by atoms with E-state index in [0.717, 1.165) is 25.3 Å². The predicted molar refractivity (Wildman–Crippen MR) is 125 cm³/mol. The second-order valence-electron chi connectivity index (χ2n) is 7.77. The average Bonchev–Trinajstić information content (AvgIpc) is 2.61. The molecule has 2 N–H and O–H groups in total. The molecule has 0 bridgehead atoms. The van der Waals surface area contributed by atoms with Gasteiger partial charge in [0.25, 0.3) is 0 Å². The fourth-order valence-corrected chi connectivity index (χ4v) is 2.68. The Bertz CT molecular complexity index is 531. The Morgan fingerprint density at radius 2 is 1.83 bits per heavy atom. The van der Waals surface area contributed by atoms with Crippen LogP contribution >= 0.6 is 24.0 Å². The third-order valence-corrected chi connectivity index (χ3v) is 4.12. The largest absolute Gasteiger partial charge is 0.450 e. The lowest BCUT2D eigenvalue weighted by Crippen LogP contribution is -2.50. The first-order valence-electron chi connectivity index (χ1n) is 10.1. The number of halogens is 1. The molecule has 0 atom stereocenters. The van der Waals surface area contributed by atoms with Gasteiger partial charge < -0.3 is 29.9 Å². The van der Waals surface area contributed by atoms with Crippen LogP contribution in [0, 0.1) is 0 Å². The molecule has 0 aromatic carbocycles. The molecule has 0 saturated carbocycles. The number of ether oxygens (including phenoxy) is 2. The van der Waals surface area contributed by atoms with Crippen LogP contribution in [0.25, 0.3) is 0 Å². The Morgan fingerprint density at radius 3 is 2.34 bits per heavy atom. The lowest BCUT2D eigenvalue weighted by atomic mass is 10.1. The normalized spacial score (nSPS) is 15.2. The molecule has 1 aliphatic rings. The second kappa shape index (κ2) is 13.7. The number of hydrogen-bond donors (Lipinski definition) is 2. The molecule has 0 aliphatic carbocycles. The van der Waals surface area contributed by atoms with Crippen LogP contribution in [0.2, 0.25) is 0 Å². The summed E-state index contributed by atoms with van der Waals surface area (Å²) in [6.45, 7) is 12.8. The molecule has 9 nitrogen and oxygen atoms in total. The maximum absolute atomic E-state index is 12.0. The van der Waals surface area contributed by atoms with E-state index in [1.54, 1.807) is 11.9 Å². The van der Waals surface area contributed by atoms with Crippen molar-refractivity contribution in [2.75, 3.05) is 46.4 Å². The number of likely N-dealkylation sites (tertiary alicyclic amines) is 1. The van der Waals surface area contributed by atoms with Crippen LogP contribution in [-0.2, 0) is 9.47 Å². The number of nitrogens with one attached hydrogen (secondary N) is 2. The topological polar surface area (TPSA) is 95.5 Å². The van der Waals surface area contributed by atoms with Crippen LogP contribution < -0.4 is 10.6 Å². The molecule has 1 rings (SSSR count). The van der Waals surface area contributed by atoms with Crippen LogP contribution in [0.5, 0.6) is 0 Å². The van der Waals surface area contributed by atoms with E-state index in [-0.39, 0.29) is 42.2 Å². The molecule has 1 fully saturated rings. The lowest BCUT2D eigenvalue weighted by molar-refractivity contribution is 0.0304. The van der Waals surface area contributed by atoms with Gasteiger partial charge in [0.1, 0.15) is 5.60 Å². The SMILES string of the molecule is CCNC(=NCCN(C)C(=O)OC(C)(C)C)NC1CCN(C(=O)OCC)CC1.I. The molecule has 2 amide bonds. The number of likely N-dealkylation sites (N-methyl/N-ethyl adjacent to an activating group) is 1. The van der Waals surface area contributed by atoms with Gasteiger partial charge in [-0.15, -0.1) is 24.0 Å². The average molecular weight is 527 g/mol. The number of hydrogen-bond acceptors (Lipinski definition) is 5. The van der Waals surface area contributed by atoms with E-state index >= 15 is 0 Å². The maximum atomic E-state index is 12.0. The molecule has 0 radical (unpaired) electrons. The van der Waals surface area contributed by atoms with Crippen molar-refractivity contribution in [1.29, 1.82) is 0 Å². The first-order valence-corrected chi connectivity index (χ1v) is 10.1. The minimum atomic E-state index is -0.510. The van der Waals surface area contributed by atoms with Crippen molar-refractivity contribution < 1.29 is 19.1 Å². The fraction of sp³-hybridized carbons (Fsp3) is 0.842. The van der Waals surface area contributed by atoms with E-state index in [9.17, 15) is 9.59 Å². The van der Waals surface area contributed by atoms with Crippen LogP contribution in [-0.4, -0.2) is 86.0 Å². The highest BCUT2D eigenvalue weighted by Gasteiger charge is 2.24. The third-order valence-electron chi connectivity index (χ3n) is 4.12. The molecule has 1 saturated heterocycles. The highest BCUT2D eigenvalue weighted by atomic mass is 127. The molecule has 0 aromatic rings. The van der Waals surface area contributed by atoms with E-state index in [2.05, 4.69) is 15.6 Å². The molecule has 10 heteroatoms. The number of amides is 2. The second-order valence-corrected chi connectivity index (χ2v) is 7.77. The molecule has 1 heterocycles. The Kier molecular flexibility index (Phi) is 13.0. The fourth-order valence-electron chi connectivity index (χ4n) is 2.68. The van der Waals surface area contributed by atoms with Crippen molar-refractivity contribution in [2.24, 2.45) is 4.99 Å². The van der Waals surface area contributed by atoms with Crippen LogP contribution in [0.4, 0.5) is 9.59 Å². The third kappa shape index (κ3) is 11.3. The zero-order chi connectivity index (χ0) is 21.2. The number of carbonyl (C=O) groups excluding carboxylic acids is 2. The van der Waals surface area contributed by atoms with Gasteiger partial charge in [-0.25, -0.2) is 9.59 Å². The summed E-state index contributed by atoms with van der Waals surface area (Å²) in [5.74, 6) is 0.717. The number of nitrogens with zero attached hydrogens (tertiary/aromatic N) is 3. The first kappa shape index (κ1) is 27.5. The Labute approximate surface area is 192 Å². The molecular formula is C19H38IN5O4. The summed E-state index contributed by atoms with van der Waals surface area (Å²) in [6.07, 6.45) is 1.07. The minimum Gasteiger partial charge on any atom is -0.450 e. The number of carbonyl (C=O) groups is 2. The smallest absolute Gasteiger partial charge is 0.410 e. The summed E-state index contributed by atoms with van der Waals surface area (Å²) >= 11 is 0. The highest BCUT2D eigenvalue weighted by Crippen LogP contribution is 2.11. The van der Waals surface area contributed by atoms with Gasteiger partial charge in [0.2, 0.25) is 0 Å². The summed E-state index contributed by atoms with van der Waals surface area (Å²) in [4.78, 5) is 31.6.